The maximum atomic E-state index is 13.0. The summed E-state index contributed by atoms with van der Waals surface area (Å²) in [6, 6.07) is 7.82. The fraction of sp³-hybridized carbons (Fsp3) is 0.640. The molecule has 0 radical (unpaired) electrons. The van der Waals surface area contributed by atoms with Crippen molar-refractivity contribution in [3.05, 3.63) is 29.8 Å². The molecule has 2 aliphatic rings. The predicted molar refractivity (Wildman–Crippen MR) is 124 cm³/mol. The first-order valence-electron chi connectivity index (χ1n) is 12.0. The van der Waals surface area contributed by atoms with Crippen molar-refractivity contribution in [3.8, 4) is 0 Å². The molecule has 2 saturated heterocycles. The Kier molecular flexibility index (Phi) is 9.09. The third-order valence-corrected chi connectivity index (χ3v) is 6.40. The molecule has 3 amide bonds. The summed E-state index contributed by atoms with van der Waals surface area (Å²) in [5.74, 6) is -0.236. The highest BCUT2D eigenvalue weighted by Crippen LogP contribution is 2.28. The van der Waals surface area contributed by atoms with Crippen LogP contribution >= 0.6 is 0 Å². The summed E-state index contributed by atoms with van der Waals surface area (Å²) in [7, 11) is 0. The maximum Gasteiger partial charge on any atom is 0.228 e. The molecular formula is C25H37N3O4. The van der Waals surface area contributed by atoms with Crippen molar-refractivity contribution in [2.24, 2.45) is 11.8 Å². The third kappa shape index (κ3) is 6.55. The van der Waals surface area contributed by atoms with Crippen LogP contribution in [0.3, 0.4) is 0 Å². The first kappa shape index (κ1) is 24.2. The van der Waals surface area contributed by atoms with Crippen LogP contribution in [0.15, 0.2) is 24.3 Å². The van der Waals surface area contributed by atoms with Crippen LogP contribution in [-0.4, -0.2) is 62.0 Å². The summed E-state index contributed by atoms with van der Waals surface area (Å²) >= 11 is 0. The van der Waals surface area contributed by atoms with Gasteiger partial charge in [-0.05, 0) is 44.7 Å². The normalized spacial score (nSPS) is 19.4. The van der Waals surface area contributed by atoms with Gasteiger partial charge in [0.05, 0.1) is 5.92 Å². The van der Waals surface area contributed by atoms with Crippen molar-refractivity contribution in [1.82, 2.24) is 10.2 Å². The highest BCUT2D eigenvalue weighted by atomic mass is 16.5. The lowest BCUT2D eigenvalue weighted by Gasteiger charge is -2.33. The van der Waals surface area contributed by atoms with Crippen molar-refractivity contribution in [2.75, 3.05) is 44.3 Å². The Morgan fingerprint density at radius 3 is 2.44 bits per heavy atom. The fourth-order valence-electron chi connectivity index (χ4n) is 4.35. The molecule has 0 bridgehead atoms. The van der Waals surface area contributed by atoms with Gasteiger partial charge in [0.2, 0.25) is 17.7 Å². The van der Waals surface area contributed by atoms with Gasteiger partial charge in [0.25, 0.3) is 0 Å². The SMILES string of the molecule is CCCCOCCCNC(=O)C1CCN(C(=O)C2CC(=O)N(c3ccc(C)cc3)C2)CC1. The average Bonchev–Trinajstić information content (AvgIpc) is 3.20. The number of nitrogens with one attached hydrogen (secondary N) is 1. The molecule has 2 heterocycles. The van der Waals surface area contributed by atoms with Crippen molar-refractivity contribution < 1.29 is 19.1 Å². The standard InChI is InChI=1S/C25H37N3O4/c1-3-4-15-32-16-5-12-26-24(30)20-10-13-27(14-11-20)25(31)21-17-23(29)28(18-21)22-8-6-19(2)7-9-22/h6-9,20-21H,3-5,10-18H2,1-2H3,(H,26,30). The second-order valence-corrected chi connectivity index (χ2v) is 8.95. The van der Waals surface area contributed by atoms with E-state index in [1.54, 1.807) is 4.90 Å². The number of carbonyl (C=O) groups excluding carboxylic acids is 3. The highest BCUT2D eigenvalue weighted by molar-refractivity contribution is 6.00. The second kappa shape index (κ2) is 12.0. The van der Waals surface area contributed by atoms with Gasteiger partial charge in [-0.2, -0.15) is 0 Å². The summed E-state index contributed by atoms with van der Waals surface area (Å²) in [5, 5.41) is 3.00. The number of carbonyl (C=O) groups is 3. The van der Waals surface area contributed by atoms with E-state index >= 15 is 0 Å². The number of unbranched alkanes of at least 4 members (excludes halogenated alkanes) is 1. The Balaban J connectivity index is 1.38. The number of ether oxygens (including phenoxy) is 1. The van der Waals surface area contributed by atoms with Gasteiger partial charge in [-0.1, -0.05) is 31.0 Å². The van der Waals surface area contributed by atoms with Crippen LogP contribution in [-0.2, 0) is 19.1 Å². The minimum Gasteiger partial charge on any atom is -0.381 e. The molecule has 0 aromatic heterocycles. The van der Waals surface area contributed by atoms with Gasteiger partial charge in [0, 0.05) is 57.4 Å². The lowest BCUT2D eigenvalue weighted by atomic mass is 9.94. The van der Waals surface area contributed by atoms with E-state index in [1.807, 2.05) is 36.1 Å². The van der Waals surface area contributed by atoms with Crippen LogP contribution in [0.4, 0.5) is 5.69 Å². The van der Waals surface area contributed by atoms with Crippen LogP contribution in [0.2, 0.25) is 0 Å². The van der Waals surface area contributed by atoms with E-state index in [9.17, 15) is 14.4 Å². The van der Waals surface area contributed by atoms with E-state index in [0.29, 0.717) is 45.6 Å². The number of rotatable bonds is 10. The first-order valence-corrected chi connectivity index (χ1v) is 12.0. The average molecular weight is 444 g/mol. The van der Waals surface area contributed by atoms with Crippen LogP contribution in [0.25, 0.3) is 0 Å². The molecule has 7 nitrogen and oxygen atoms in total. The number of nitrogens with zero attached hydrogens (tertiary/aromatic N) is 2. The molecule has 0 spiro atoms. The molecule has 0 saturated carbocycles. The minimum absolute atomic E-state index is 0.000130. The van der Waals surface area contributed by atoms with Gasteiger partial charge in [-0.15, -0.1) is 0 Å². The monoisotopic (exact) mass is 443 g/mol. The molecule has 1 N–H and O–H groups in total. The molecule has 2 aliphatic heterocycles. The number of benzene rings is 1. The van der Waals surface area contributed by atoms with E-state index in [2.05, 4.69) is 12.2 Å². The smallest absolute Gasteiger partial charge is 0.228 e. The molecule has 1 aromatic rings. The van der Waals surface area contributed by atoms with Crippen molar-refractivity contribution >= 4 is 23.4 Å². The minimum atomic E-state index is -0.304. The second-order valence-electron chi connectivity index (χ2n) is 8.95. The van der Waals surface area contributed by atoms with E-state index in [4.69, 9.17) is 4.74 Å². The van der Waals surface area contributed by atoms with Crippen LogP contribution < -0.4 is 10.2 Å². The van der Waals surface area contributed by atoms with Gasteiger partial charge in [0.1, 0.15) is 0 Å². The largest absolute Gasteiger partial charge is 0.381 e. The number of hydrogen-bond acceptors (Lipinski definition) is 4. The summed E-state index contributed by atoms with van der Waals surface area (Å²) < 4.78 is 5.52. The molecule has 0 aliphatic carbocycles. The van der Waals surface area contributed by atoms with Crippen LogP contribution in [0.5, 0.6) is 0 Å². The van der Waals surface area contributed by atoms with Gasteiger partial charge < -0.3 is 19.9 Å². The predicted octanol–water partition coefficient (Wildman–Crippen LogP) is 2.91. The number of anilines is 1. The van der Waals surface area contributed by atoms with E-state index in [-0.39, 0.29) is 36.0 Å². The zero-order valence-corrected chi connectivity index (χ0v) is 19.5. The summed E-state index contributed by atoms with van der Waals surface area (Å²) in [6.45, 7) is 7.81. The van der Waals surface area contributed by atoms with E-state index in [0.717, 1.165) is 37.1 Å². The molecule has 1 aromatic carbocycles. The molecule has 1 unspecified atom stereocenters. The first-order chi connectivity index (χ1) is 15.5. The van der Waals surface area contributed by atoms with Crippen molar-refractivity contribution in [1.29, 1.82) is 0 Å². The van der Waals surface area contributed by atoms with Gasteiger partial charge in [0.15, 0.2) is 0 Å². The van der Waals surface area contributed by atoms with Gasteiger partial charge in [-0.3, -0.25) is 14.4 Å². The zero-order valence-electron chi connectivity index (χ0n) is 19.5. The number of aryl methyl sites for hydroxylation is 1. The number of hydrogen-bond donors (Lipinski definition) is 1. The quantitative estimate of drug-likeness (QED) is 0.564. The zero-order chi connectivity index (χ0) is 22.9. The fourth-order valence-corrected chi connectivity index (χ4v) is 4.35. The molecule has 32 heavy (non-hydrogen) atoms. The Morgan fingerprint density at radius 2 is 1.75 bits per heavy atom. The van der Waals surface area contributed by atoms with Crippen molar-refractivity contribution in [3.63, 3.8) is 0 Å². The Labute approximate surface area is 191 Å². The highest BCUT2D eigenvalue weighted by Gasteiger charge is 2.38. The van der Waals surface area contributed by atoms with Gasteiger partial charge >= 0.3 is 0 Å². The molecular weight excluding hydrogens is 406 g/mol. The van der Waals surface area contributed by atoms with E-state index in [1.165, 1.54) is 0 Å². The molecule has 2 fully saturated rings. The topological polar surface area (TPSA) is 79.0 Å². The third-order valence-electron chi connectivity index (χ3n) is 6.40. The molecule has 7 heteroatoms. The summed E-state index contributed by atoms with van der Waals surface area (Å²) in [5.41, 5.74) is 1.99. The van der Waals surface area contributed by atoms with Crippen LogP contribution in [0.1, 0.15) is 51.0 Å². The molecule has 3 rings (SSSR count). The van der Waals surface area contributed by atoms with E-state index < -0.39 is 0 Å². The lowest BCUT2D eigenvalue weighted by Crippen LogP contribution is -2.45. The Morgan fingerprint density at radius 1 is 1.06 bits per heavy atom. The number of amides is 3. The molecule has 1 atom stereocenters. The van der Waals surface area contributed by atoms with Crippen molar-refractivity contribution in [2.45, 2.75) is 52.4 Å². The summed E-state index contributed by atoms with van der Waals surface area (Å²) in [4.78, 5) is 41.5. The lowest BCUT2D eigenvalue weighted by molar-refractivity contribution is -0.139. The Hall–Kier alpha value is -2.41. The Bertz CT molecular complexity index is 772. The number of likely N-dealkylation sites (tertiary alicyclic amines) is 1. The number of piperidine rings is 1. The summed E-state index contributed by atoms with van der Waals surface area (Å²) in [6.07, 6.45) is 4.62. The molecule has 176 valence electrons. The van der Waals surface area contributed by atoms with Gasteiger partial charge in [-0.25, -0.2) is 0 Å². The maximum absolute atomic E-state index is 13.0. The van der Waals surface area contributed by atoms with Crippen LogP contribution in [0, 0.1) is 18.8 Å².